The van der Waals surface area contributed by atoms with Crippen LogP contribution >= 0.6 is 0 Å². The molecule has 0 saturated carbocycles. The highest BCUT2D eigenvalue weighted by molar-refractivity contribution is 5.90. The molecule has 24 heavy (non-hydrogen) atoms. The van der Waals surface area contributed by atoms with Crippen LogP contribution in [0.1, 0.15) is 49.5 Å². The summed E-state index contributed by atoms with van der Waals surface area (Å²) < 4.78 is 19.3. The summed E-state index contributed by atoms with van der Waals surface area (Å²) in [6.07, 6.45) is 0.878. The third-order valence-corrected chi connectivity index (χ3v) is 4.31. The van der Waals surface area contributed by atoms with Crippen molar-refractivity contribution >= 4 is 11.9 Å². The fourth-order valence-corrected chi connectivity index (χ4v) is 3.06. The second-order valence-electron chi connectivity index (χ2n) is 7.27. The topological polar surface area (TPSA) is 66.8 Å². The second-order valence-corrected chi connectivity index (χ2v) is 7.27. The molecule has 1 aromatic rings. The maximum absolute atomic E-state index is 14.7. The first-order valence-electron chi connectivity index (χ1n) is 7.99. The molecular weight excluding hydrogens is 313 g/mol. The maximum Gasteiger partial charge on any atom is 0.340 e. The van der Waals surface area contributed by atoms with E-state index in [4.69, 9.17) is 0 Å². The van der Waals surface area contributed by atoms with E-state index >= 15 is 0 Å². The smallest absolute Gasteiger partial charge is 0.340 e. The first-order chi connectivity index (χ1) is 11.1. The Kier molecular flexibility index (Phi) is 4.99. The first-order valence-corrected chi connectivity index (χ1v) is 7.99. The molecule has 132 valence electrons. The lowest BCUT2D eigenvalue weighted by atomic mass is 9.83. The van der Waals surface area contributed by atoms with Crippen molar-refractivity contribution in [1.82, 2.24) is 4.90 Å². The van der Waals surface area contributed by atoms with E-state index in [-0.39, 0.29) is 23.6 Å². The van der Waals surface area contributed by atoms with Gasteiger partial charge in [-0.15, -0.1) is 0 Å². The molecule has 1 aromatic carbocycles. The molecule has 1 saturated heterocycles. The molecule has 1 amide bonds. The molecule has 0 radical (unpaired) electrons. The van der Waals surface area contributed by atoms with Crippen LogP contribution in [0.25, 0.3) is 0 Å². The molecule has 5 nitrogen and oxygen atoms in total. The van der Waals surface area contributed by atoms with E-state index < -0.39 is 22.8 Å². The predicted molar refractivity (Wildman–Crippen MR) is 86.9 cm³/mol. The summed E-state index contributed by atoms with van der Waals surface area (Å²) in [5, 5.41) is 11.0. The number of carbonyl (C=O) groups is 2. The molecule has 1 fully saturated rings. The summed E-state index contributed by atoms with van der Waals surface area (Å²) in [5.74, 6) is -1.68. The van der Waals surface area contributed by atoms with Crippen molar-refractivity contribution in [2.75, 3.05) is 20.2 Å². The van der Waals surface area contributed by atoms with Gasteiger partial charge in [-0.2, -0.15) is 0 Å². The Morgan fingerprint density at radius 1 is 1.33 bits per heavy atom. The molecular formula is C18H24FNO4. The number of methoxy groups -OCH3 is 1. The van der Waals surface area contributed by atoms with Gasteiger partial charge >= 0.3 is 5.97 Å². The van der Waals surface area contributed by atoms with Gasteiger partial charge < -0.3 is 14.7 Å². The van der Waals surface area contributed by atoms with Crippen LogP contribution in [0, 0.1) is 11.2 Å². The number of piperidine rings is 1. The lowest BCUT2D eigenvalue weighted by Crippen LogP contribution is -2.51. The molecule has 1 aliphatic heterocycles. The van der Waals surface area contributed by atoms with Crippen molar-refractivity contribution in [3.63, 3.8) is 0 Å². The van der Waals surface area contributed by atoms with Gasteiger partial charge in [0.05, 0.1) is 19.2 Å². The van der Waals surface area contributed by atoms with E-state index in [1.54, 1.807) is 25.7 Å². The van der Waals surface area contributed by atoms with Crippen LogP contribution in [0.5, 0.6) is 0 Å². The number of aliphatic hydroxyl groups is 1. The van der Waals surface area contributed by atoms with Crippen molar-refractivity contribution in [2.24, 2.45) is 5.41 Å². The van der Waals surface area contributed by atoms with E-state index in [9.17, 15) is 19.1 Å². The largest absolute Gasteiger partial charge is 0.465 e. The number of benzene rings is 1. The summed E-state index contributed by atoms with van der Waals surface area (Å²) in [5.41, 5.74) is -2.29. The zero-order chi connectivity index (χ0) is 18.1. The van der Waals surface area contributed by atoms with Crippen LogP contribution in [-0.4, -0.2) is 42.1 Å². The van der Waals surface area contributed by atoms with Crippen molar-refractivity contribution < 1.29 is 23.8 Å². The second kappa shape index (κ2) is 6.51. The standard InChI is InChI=1S/C18H24FNO4/c1-17(2,3)16(22)20-10-6-9-18(23,11-20)13-8-5-7-12(14(13)19)15(21)24-4/h5,7-8,23H,6,9-11H2,1-4H3. The summed E-state index contributed by atoms with van der Waals surface area (Å²) in [4.78, 5) is 25.7. The van der Waals surface area contributed by atoms with E-state index in [0.29, 0.717) is 19.4 Å². The Balaban J connectivity index is 2.37. The normalized spacial score (nSPS) is 21.5. The third kappa shape index (κ3) is 3.43. The summed E-state index contributed by atoms with van der Waals surface area (Å²) in [6, 6.07) is 4.27. The average molecular weight is 337 g/mol. The molecule has 0 aliphatic carbocycles. The number of carbonyl (C=O) groups excluding carboxylic acids is 2. The predicted octanol–water partition coefficient (Wildman–Crippen LogP) is 2.47. The Morgan fingerprint density at radius 3 is 2.58 bits per heavy atom. The molecule has 2 rings (SSSR count). The fourth-order valence-electron chi connectivity index (χ4n) is 3.06. The van der Waals surface area contributed by atoms with Gasteiger partial charge in [-0.05, 0) is 18.9 Å². The summed E-state index contributed by atoms with van der Waals surface area (Å²) in [7, 11) is 1.17. The lowest BCUT2D eigenvalue weighted by molar-refractivity contribution is -0.147. The Bertz CT molecular complexity index is 653. The highest BCUT2D eigenvalue weighted by Gasteiger charge is 2.41. The zero-order valence-corrected chi connectivity index (χ0v) is 14.6. The van der Waals surface area contributed by atoms with Gasteiger partial charge in [0.15, 0.2) is 0 Å². The molecule has 1 heterocycles. The first kappa shape index (κ1) is 18.4. The number of esters is 1. The molecule has 1 N–H and O–H groups in total. The van der Waals surface area contributed by atoms with Crippen LogP contribution in [0.2, 0.25) is 0 Å². The number of ether oxygens (including phenoxy) is 1. The average Bonchev–Trinajstić information content (AvgIpc) is 2.52. The van der Waals surface area contributed by atoms with E-state index in [2.05, 4.69) is 4.74 Å². The van der Waals surface area contributed by atoms with Gasteiger partial charge in [0, 0.05) is 17.5 Å². The molecule has 0 aromatic heterocycles. The Morgan fingerprint density at radius 2 is 2.00 bits per heavy atom. The van der Waals surface area contributed by atoms with Gasteiger partial charge in [0.2, 0.25) is 5.91 Å². The van der Waals surface area contributed by atoms with Gasteiger partial charge in [-0.1, -0.05) is 32.9 Å². The zero-order valence-electron chi connectivity index (χ0n) is 14.6. The molecule has 6 heteroatoms. The highest BCUT2D eigenvalue weighted by atomic mass is 19.1. The number of nitrogens with zero attached hydrogens (tertiary/aromatic N) is 1. The number of likely N-dealkylation sites (tertiary alicyclic amines) is 1. The summed E-state index contributed by atoms with van der Waals surface area (Å²) >= 11 is 0. The van der Waals surface area contributed by atoms with Crippen LogP contribution in [0.3, 0.4) is 0 Å². The number of amides is 1. The van der Waals surface area contributed by atoms with Crippen LogP contribution in [0.15, 0.2) is 18.2 Å². The van der Waals surface area contributed by atoms with Crippen molar-refractivity contribution in [3.05, 3.63) is 35.1 Å². The number of hydrogen-bond donors (Lipinski definition) is 1. The number of hydrogen-bond acceptors (Lipinski definition) is 4. The van der Waals surface area contributed by atoms with Crippen molar-refractivity contribution in [1.29, 1.82) is 0 Å². The molecule has 0 bridgehead atoms. The monoisotopic (exact) mass is 337 g/mol. The van der Waals surface area contributed by atoms with Crippen molar-refractivity contribution in [3.8, 4) is 0 Å². The van der Waals surface area contributed by atoms with E-state index in [1.165, 1.54) is 25.3 Å². The molecule has 1 atom stereocenters. The van der Waals surface area contributed by atoms with Gasteiger partial charge in [0.1, 0.15) is 11.4 Å². The SMILES string of the molecule is COC(=O)c1cccc(C2(O)CCCN(C(=O)C(C)(C)C)C2)c1F. The molecule has 1 unspecified atom stereocenters. The van der Waals surface area contributed by atoms with Gasteiger partial charge in [-0.25, -0.2) is 9.18 Å². The molecule has 1 aliphatic rings. The number of halogens is 1. The maximum atomic E-state index is 14.7. The summed E-state index contributed by atoms with van der Waals surface area (Å²) in [6.45, 7) is 5.95. The van der Waals surface area contributed by atoms with Gasteiger partial charge in [-0.3, -0.25) is 4.79 Å². The fraction of sp³-hybridized carbons (Fsp3) is 0.556. The van der Waals surface area contributed by atoms with Crippen LogP contribution < -0.4 is 0 Å². The minimum atomic E-state index is -1.52. The minimum absolute atomic E-state index is 0.00461. The highest BCUT2D eigenvalue weighted by Crippen LogP contribution is 2.35. The van der Waals surface area contributed by atoms with E-state index in [0.717, 1.165) is 0 Å². The van der Waals surface area contributed by atoms with Gasteiger partial charge in [0.25, 0.3) is 0 Å². The Hall–Kier alpha value is -1.95. The Labute approximate surface area is 141 Å². The molecule has 0 spiro atoms. The lowest BCUT2D eigenvalue weighted by Gasteiger charge is -2.41. The minimum Gasteiger partial charge on any atom is -0.465 e. The third-order valence-electron chi connectivity index (χ3n) is 4.31. The van der Waals surface area contributed by atoms with Crippen LogP contribution in [-0.2, 0) is 15.1 Å². The van der Waals surface area contributed by atoms with Crippen LogP contribution in [0.4, 0.5) is 4.39 Å². The van der Waals surface area contributed by atoms with Crippen molar-refractivity contribution in [2.45, 2.75) is 39.2 Å². The quantitative estimate of drug-likeness (QED) is 0.842. The number of rotatable bonds is 2. The number of β-amino-alcohol motifs (C(OH)–C–C–N with tert-alkyl or cyclic N) is 1. The van der Waals surface area contributed by atoms with E-state index in [1.807, 2.05) is 0 Å².